The lowest BCUT2D eigenvalue weighted by Gasteiger charge is -2.26. The Morgan fingerprint density at radius 1 is 1.24 bits per heavy atom. The van der Waals surface area contributed by atoms with E-state index in [1.165, 1.54) is 18.2 Å². The summed E-state index contributed by atoms with van der Waals surface area (Å²) >= 11 is 0. The summed E-state index contributed by atoms with van der Waals surface area (Å²) in [6.07, 6.45) is 0. The molecule has 4 nitrogen and oxygen atoms in total. The number of carbonyl (C=O) groups excluding carboxylic acids is 2. The van der Waals surface area contributed by atoms with Crippen LogP contribution in [0.25, 0.3) is 0 Å². The smallest absolute Gasteiger partial charge is 0.329 e. The third kappa shape index (κ3) is 5.53. The molecule has 0 unspecified atom stereocenters. The summed E-state index contributed by atoms with van der Waals surface area (Å²) in [6, 6.07) is 4.54. The zero-order chi connectivity index (χ0) is 16.2. The number of carbonyl (C=O) groups is 2. The van der Waals surface area contributed by atoms with Gasteiger partial charge in [-0.2, -0.15) is 0 Å². The van der Waals surface area contributed by atoms with Crippen molar-refractivity contribution in [2.45, 2.75) is 46.3 Å². The van der Waals surface area contributed by atoms with Crippen molar-refractivity contribution >= 4 is 11.9 Å². The van der Waals surface area contributed by atoms with Gasteiger partial charge in [0.05, 0.1) is 0 Å². The number of benzene rings is 1. The normalized spacial score (nSPS) is 12.9. The quantitative estimate of drug-likeness (QED) is 0.869. The minimum absolute atomic E-state index is 0.141. The second-order valence-corrected chi connectivity index (χ2v) is 6.24. The summed E-state index contributed by atoms with van der Waals surface area (Å²) < 4.78 is 18.4. The van der Waals surface area contributed by atoms with E-state index in [2.05, 4.69) is 5.32 Å². The number of rotatable bonds is 4. The maximum absolute atomic E-state index is 13.1. The Balaban J connectivity index is 2.84. The van der Waals surface area contributed by atoms with E-state index in [0.29, 0.717) is 0 Å². The highest BCUT2D eigenvalue weighted by Gasteiger charge is 2.29. The predicted molar refractivity (Wildman–Crippen MR) is 78.3 cm³/mol. The van der Waals surface area contributed by atoms with Crippen molar-refractivity contribution in [1.82, 2.24) is 5.32 Å². The Kier molecular flexibility index (Phi) is 5.47. The highest BCUT2D eigenvalue weighted by Crippen LogP contribution is 2.13. The van der Waals surface area contributed by atoms with Crippen LogP contribution in [0.4, 0.5) is 4.39 Å². The van der Waals surface area contributed by atoms with Crippen LogP contribution < -0.4 is 5.32 Å². The van der Waals surface area contributed by atoms with E-state index in [4.69, 9.17) is 4.74 Å². The highest BCUT2D eigenvalue weighted by atomic mass is 19.1. The molecule has 0 radical (unpaired) electrons. The van der Waals surface area contributed by atoms with Gasteiger partial charge in [-0.3, -0.25) is 4.79 Å². The van der Waals surface area contributed by atoms with E-state index in [9.17, 15) is 14.0 Å². The van der Waals surface area contributed by atoms with E-state index in [1.54, 1.807) is 34.6 Å². The molecular formula is C16H22FNO3. The van der Waals surface area contributed by atoms with Crippen molar-refractivity contribution in [3.8, 4) is 0 Å². The molecule has 1 rings (SSSR count). The van der Waals surface area contributed by atoms with Crippen LogP contribution in [0.2, 0.25) is 0 Å². The number of hydrogen-bond acceptors (Lipinski definition) is 3. The molecule has 0 aliphatic rings. The number of amides is 1. The van der Waals surface area contributed by atoms with Crippen molar-refractivity contribution in [2.75, 3.05) is 0 Å². The summed E-state index contributed by atoms with van der Waals surface area (Å²) in [7, 11) is 0. The molecule has 1 aromatic carbocycles. The van der Waals surface area contributed by atoms with Crippen molar-refractivity contribution in [1.29, 1.82) is 0 Å². The molecule has 0 saturated carbocycles. The summed E-state index contributed by atoms with van der Waals surface area (Å²) in [5.41, 5.74) is -0.461. The first-order valence-electron chi connectivity index (χ1n) is 6.89. The van der Waals surface area contributed by atoms with Crippen LogP contribution in [0.5, 0.6) is 0 Å². The van der Waals surface area contributed by atoms with Crippen LogP contribution in [-0.2, 0) is 9.53 Å². The van der Waals surface area contributed by atoms with Gasteiger partial charge in [0.25, 0.3) is 5.91 Å². The van der Waals surface area contributed by atoms with Crippen molar-refractivity contribution in [2.24, 2.45) is 5.92 Å². The fraction of sp³-hybridized carbons (Fsp3) is 0.500. The van der Waals surface area contributed by atoms with Crippen LogP contribution in [-0.4, -0.2) is 23.5 Å². The first kappa shape index (κ1) is 17.1. The van der Waals surface area contributed by atoms with Gasteiger partial charge in [-0.15, -0.1) is 0 Å². The maximum atomic E-state index is 13.1. The Morgan fingerprint density at radius 3 is 2.33 bits per heavy atom. The Labute approximate surface area is 124 Å². The minimum Gasteiger partial charge on any atom is -0.458 e. The average Bonchev–Trinajstić information content (AvgIpc) is 2.32. The van der Waals surface area contributed by atoms with Crippen LogP contribution in [0.3, 0.4) is 0 Å². The molecule has 1 amide bonds. The largest absolute Gasteiger partial charge is 0.458 e. The average molecular weight is 295 g/mol. The molecule has 1 atom stereocenters. The van der Waals surface area contributed by atoms with Gasteiger partial charge in [0.2, 0.25) is 0 Å². The molecule has 0 aromatic heterocycles. The first-order chi connectivity index (χ1) is 9.60. The summed E-state index contributed by atoms with van der Waals surface area (Å²) in [4.78, 5) is 24.2. The molecule has 0 fully saturated rings. The molecule has 0 heterocycles. The zero-order valence-corrected chi connectivity index (χ0v) is 13.1. The number of ether oxygens (including phenoxy) is 1. The van der Waals surface area contributed by atoms with Crippen molar-refractivity contribution in [3.05, 3.63) is 35.6 Å². The number of halogens is 1. The monoisotopic (exact) mass is 295 g/mol. The second kappa shape index (κ2) is 6.70. The molecule has 5 heteroatoms. The van der Waals surface area contributed by atoms with E-state index in [1.807, 2.05) is 0 Å². The SMILES string of the molecule is CC(C)[C@H](NC(=O)c1cccc(F)c1)C(=O)OC(C)(C)C. The topological polar surface area (TPSA) is 55.4 Å². The fourth-order valence-corrected chi connectivity index (χ4v) is 1.72. The molecular weight excluding hydrogens is 273 g/mol. The van der Waals surface area contributed by atoms with Gasteiger partial charge < -0.3 is 10.1 Å². The molecule has 0 saturated heterocycles. The zero-order valence-electron chi connectivity index (χ0n) is 13.1. The number of hydrogen-bond donors (Lipinski definition) is 1. The lowest BCUT2D eigenvalue weighted by atomic mass is 10.0. The van der Waals surface area contributed by atoms with E-state index < -0.39 is 29.3 Å². The number of esters is 1. The van der Waals surface area contributed by atoms with Crippen LogP contribution in [0.1, 0.15) is 45.0 Å². The third-order valence-electron chi connectivity index (χ3n) is 2.70. The highest BCUT2D eigenvalue weighted by molar-refractivity contribution is 5.96. The molecule has 0 aliphatic heterocycles. The number of nitrogens with one attached hydrogen (secondary N) is 1. The minimum atomic E-state index is -0.778. The Morgan fingerprint density at radius 2 is 1.86 bits per heavy atom. The van der Waals surface area contributed by atoms with E-state index in [-0.39, 0.29) is 11.5 Å². The molecule has 0 spiro atoms. The molecule has 1 N–H and O–H groups in total. The standard InChI is InChI=1S/C16H22FNO3/c1-10(2)13(15(20)21-16(3,4)5)18-14(19)11-7-6-8-12(17)9-11/h6-10,13H,1-5H3,(H,18,19)/t13-/m0/s1. The van der Waals surface area contributed by atoms with Gasteiger partial charge in [0, 0.05) is 5.56 Å². The molecule has 0 bridgehead atoms. The van der Waals surface area contributed by atoms with Gasteiger partial charge in [0.15, 0.2) is 0 Å². The van der Waals surface area contributed by atoms with Crippen LogP contribution in [0.15, 0.2) is 24.3 Å². The van der Waals surface area contributed by atoms with E-state index in [0.717, 1.165) is 6.07 Å². The molecule has 1 aromatic rings. The van der Waals surface area contributed by atoms with Gasteiger partial charge in [-0.05, 0) is 44.9 Å². The van der Waals surface area contributed by atoms with Gasteiger partial charge >= 0.3 is 5.97 Å². The van der Waals surface area contributed by atoms with Crippen molar-refractivity contribution in [3.63, 3.8) is 0 Å². The third-order valence-corrected chi connectivity index (χ3v) is 2.70. The van der Waals surface area contributed by atoms with Gasteiger partial charge in [-0.1, -0.05) is 19.9 Å². The molecule has 21 heavy (non-hydrogen) atoms. The Bertz CT molecular complexity index is 520. The second-order valence-electron chi connectivity index (χ2n) is 6.24. The maximum Gasteiger partial charge on any atom is 0.329 e. The predicted octanol–water partition coefficient (Wildman–Crippen LogP) is 2.92. The fourth-order valence-electron chi connectivity index (χ4n) is 1.72. The first-order valence-corrected chi connectivity index (χ1v) is 6.89. The van der Waals surface area contributed by atoms with Crippen LogP contribution >= 0.6 is 0 Å². The summed E-state index contributed by atoms with van der Waals surface area (Å²) in [5, 5.41) is 2.60. The summed E-state index contributed by atoms with van der Waals surface area (Å²) in [5.74, 6) is -1.64. The summed E-state index contributed by atoms with van der Waals surface area (Å²) in [6.45, 7) is 8.89. The Hall–Kier alpha value is -1.91. The lowest BCUT2D eigenvalue weighted by molar-refractivity contribution is -0.158. The van der Waals surface area contributed by atoms with Gasteiger partial charge in [0.1, 0.15) is 17.5 Å². The lowest BCUT2D eigenvalue weighted by Crippen LogP contribution is -2.47. The van der Waals surface area contributed by atoms with E-state index >= 15 is 0 Å². The van der Waals surface area contributed by atoms with Crippen LogP contribution in [0, 0.1) is 11.7 Å². The molecule has 116 valence electrons. The molecule has 0 aliphatic carbocycles. The van der Waals surface area contributed by atoms with Crippen molar-refractivity contribution < 1.29 is 18.7 Å². The van der Waals surface area contributed by atoms with Gasteiger partial charge in [-0.25, -0.2) is 9.18 Å².